The quantitative estimate of drug-likeness (QED) is 0.906. The van der Waals surface area contributed by atoms with Crippen LogP contribution in [0.15, 0.2) is 17.1 Å². The molecule has 22 heavy (non-hydrogen) atoms. The Hall–Kier alpha value is -1.62. The lowest BCUT2D eigenvalue weighted by atomic mass is 10.1. The van der Waals surface area contributed by atoms with E-state index in [9.17, 15) is 9.59 Å². The van der Waals surface area contributed by atoms with E-state index in [-0.39, 0.29) is 11.5 Å². The number of H-pyrrole nitrogens is 1. The van der Waals surface area contributed by atoms with Gasteiger partial charge in [-0.1, -0.05) is 0 Å². The number of carbonyl (C=O) groups excluding carboxylic acids is 1. The normalized spacial score (nSPS) is 25.5. The molecule has 1 N–H and O–H groups in total. The van der Waals surface area contributed by atoms with Crippen LogP contribution >= 0.6 is 0 Å². The molecule has 5 nitrogen and oxygen atoms in total. The van der Waals surface area contributed by atoms with Gasteiger partial charge in [0.2, 0.25) is 5.56 Å². The molecule has 0 spiro atoms. The molecule has 120 valence electrons. The van der Waals surface area contributed by atoms with Crippen LogP contribution in [0.4, 0.5) is 0 Å². The summed E-state index contributed by atoms with van der Waals surface area (Å²) < 4.78 is 0. The van der Waals surface area contributed by atoms with Gasteiger partial charge in [0.15, 0.2) is 0 Å². The molecule has 3 heterocycles. The first kappa shape index (κ1) is 15.3. The van der Waals surface area contributed by atoms with Crippen molar-refractivity contribution in [1.82, 2.24) is 14.8 Å². The zero-order valence-corrected chi connectivity index (χ0v) is 13.6. The molecule has 0 saturated carbocycles. The summed E-state index contributed by atoms with van der Waals surface area (Å²) in [4.78, 5) is 31.3. The van der Waals surface area contributed by atoms with Gasteiger partial charge in [0.25, 0.3) is 5.91 Å². The molecule has 0 aliphatic carbocycles. The Bertz CT molecular complexity index is 623. The fraction of sp³-hybridized carbons (Fsp3) is 0.647. The van der Waals surface area contributed by atoms with E-state index < -0.39 is 0 Å². The first-order valence-corrected chi connectivity index (χ1v) is 8.23. The average Bonchev–Trinajstić information content (AvgIpc) is 2.73. The molecule has 2 unspecified atom stereocenters. The van der Waals surface area contributed by atoms with Crippen molar-refractivity contribution < 1.29 is 4.79 Å². The molecule has 2 aliphatic rings. The molecular weight excluding hydrogens is 278 g/mol. The Balaban J connectivity index is 1.81. The summed E-state index contributed by atoms with van der Waals surface area (Å²) in [6.45, 7) is 7.92. The lowest BCUT2D eigenvalue weighted by Gasteiger charge is -2.32. The van der Waals surface area contributed by atoms with E-state index >= 15 is 0 Å². The van der Waals surface area contributed by atoms with E-state index in [1.807, 2.05) is 11.8 Å². The van der Waals surface area contributed by atoms with Gasteiger partial charge in [0, 0.05) is 43.5 Å². The minimum atomic E-state index is -0.157. The third-order valence-electron chi connectivity index (χ3n) is 5.08. The van der Waals surface area contributed by atoms with E-state index in [2.05, 4.69) is 23.7 Å². The van der Waals surface area contributed by atoms with Crippen molar-refractivity contribution in [2.75, 3.05) is 13.1 Å². The third-order valence-corrected chi connectivity index (χ3v) is 5.08. The second kappa shape index (κ2) is 5.88. The number of aryl methyl sites for hydroxylation is 1. The Morgan fingerprint density at radius 2 is 2.00 bits per heavy atom. The molecule has 2 bridgehead atoms. The number of hydrogen-bond donors (Lipinski definition) is 1. The van der Waals surface area contributed by atoms with Gasteiger partial charge in [-0.3, -0.25) is 14.5 Å². The standard InChI is InChI=1S/C17H25N3O2/c1-11(2)20-13-4-5-14(20)10-19(7-6-13)17(22)15-9-18-16(21)8-12(15)3/h8-9,11,13-14H,4-7,10H2,1-3H3,(H,18,21). The van der Waals surface area contributed by atoms with Crippen molar-refractivity contribution >= 4 is 5.91 Å². The molecule has 0 radical (unpaired) electrons. The number of aromatic amines is 1. The zero-order chi connectivity index (χ0) is 15.9. The summed E-state index contributed by atoms with van der Waals surface area (Å²) in [7, 11) is 0. The van der Waals surface area contributed by atoms with Crippen molar-refractivity contribution in [3.8, 4) is 0 Å². The van der Waals surface area contributed by atoms with Crippen LogP contribution < -0.4 is 5.56 Å². The van der Waals surface area contributed by atoms with E-state index in [0.717, 1.165) is 25.1 Å². The second-order valence-corrected chi connectivity index (χ2v) is 6.86. The molecular formula is C17H25N3O2. The molecule has 1 amide bonds. The van der Waals surface area contributed by atoms with Gasteiger partial charge in [-0.25, -0.2) is 0 Å². The van der Waals surface area contributed by atoms with E-state index in [4.69, 9.17) is 0 Å². The van der Waals surface area contributed by atoms with Crippen LogP contribution in [-0.2, 0) is 0 Å². The summed E-state index contributed by atoms with van der Waals surface area (Å²) in [6, 6.07) is 3.11. The fourth-order valence-electron chi connectivity index (χ4n) is 4.11. The summed E-state index contributed by atoms with van der Waals surface area (Å²) in [5, 5.41) is 0. The highest BCUT2D eigenvalue weighted by atomic mass is 16.2. The Kier molecular flexibility index (Phi) is 4.08. The predicted octanol–water partition coefficient (Wildman–Crippen LogP) is 1.77. The monoisotopic (exact) mass is 303 g/mol. The highest BCUT2D eigenvalue weighted by molar-refractivity contribution is 5.95. The van der Waals surface area contributed by atoms with E-state index in [0.29, 0.717) is 23.7 Å². The van der Waals surface area contributed by atoms with Crippen molar-refractivity contribution in [1.29, 1.82) is 0 Å². The first-order chi connectivity index (χ1) is 10.5. The van der Waals surface area contributed by atoms with Crippen LogP contribution in [0.1, 0.15) is 49.0 Å². The van der Waals surface area contributed by atoms with Crippen molar-refractivity contribution in [2.24, 2.45) is 0 Å². The molecule has 2 saturated heterocycles. The van der Waals surface area contributed by atoms with Crippen LogP contribution in [0, 0.1) is 6.92 Å². The van der Waals surface area contributed by atoms with Crippen molar-refractivity contribution in [2.45, 2.75) is 58.2 Å². The molecule has 2 atom stereocenters. The molecule has 5 heteroatoms. The number of nitrogens with zero attached hydrogens (tertiary/aromatic N) is 2. The van der Waals surface area contributed by atoms with Gasteiger partial charge in [-0.2, -0.15) is 0 Å². The number of aromatic nitrogens is 1. The number of amides is 1. The van der Waals surface area contributed by atoms with Gasteiger partial charge in [0.05, 0.1) is 5.56 Å². The van der Waals surface area contributed by atoms with Crippen LogP contribution in [-0.4, -0.2) is 51.9 Å². The largest absolute Gasteiger partial charge is 0.337 e. The lowest BCUT2D eigenvalue weighted by molar-refractivity contribution is 0.0727. The minimum absolute atomic E-state index is 0.0463. The van der Waals surface area contributed by atoms with Crippen molar-refractivity contribution in [3.05, 3.63) is 33.7 Å². The first-order valence-electron chi connectivity index (χ1n) is 8.23. The summed E-state index contributed by atoms with van der Waals surface area (Å²) >= 11 is 0. The maximum absolute atomic E-state index is 12.8. The number of pyridine rings is 1. The highest BCUT2D eigenvalue weighted by Crippen LogP contribution is 2.32. The van der Waals surface area contributed by atoms with Gasteiger partial charge < -0.3 is 9.88 Å². The number of hydrogen-bond acceptors (Lipinski definition) is 3. The second-order valence-electron chi connectivity index (χ2n) is 6.86. The maximum atomic E-state index is 12.8. The molecule has 1 aromatic heterocycles. The van der Waals surface area contributed by atoms with Gasteiger partial charge in [-0.15, -0.1) is 0 Å². The minimum Gasteiger partial charge on any atom is -0.337 e. The van der Waals surface area contributed by atoms with Crippen LogP contribution in [0.3, 0.4) is 0 Å². The highest BCUT2D eigenvalue weighted by Gasteiger charge is 2.39. The van der Waals surface area contributed by atoms with Gasteiger partial charge in [-0.05, 0) is 45.6 Å². The number of rotatable bonds is 2. The Morgan fingerprint density at radius 1 is 1.27 bits per heavy atom. The molecule has 3 rings (SSSR count). The van der Waals surface area contributed by atoms with Crippen molar-refractivity contribution in [3.63, 3.8) is 0 Å². The van der Waals surface area contributed by atoms with E-state index in [1.54, 1.807) is 6.20 Å². The van der Waals surface area contributed by atoms with Gasteiger partial charge in [0.1, 0.15) is 0 Å². The number of fused-ring (bicyclic) bond motifs is 2. The van der Waals surface area contributed by atoms with E-state index in [1.165, 1.54) is 18.9 Å². The topological polar surface area (TPSA) is 56.4 Å². The van der Waals surface area contributed by atoms with Crippen LogP contribution in [0.25, 0.3) is 0 Å². The SMILES string of the molecule is Cc1cc(=O)[nH]cc1C(=O)N1CCC2CCC(C1)N2C(C)C. The fourth-order valence-corrected chi connectivity index (χ4v) is 4.11. The molecule has 2 fully saturated rings. The smallest absolute Gasteiger partial charge is 0.255 e. The summed E-state index contributed by atoms with van der Waals surface area (Å²) in [5.41, 5.74) is 1.22. The molecule has 1 aromatic rings. The van der Waals surface area contributed by atoms with Gasteiger partial charge >= 0.3 is 0 Å². The average molecular weight is 303 g/mol. The molecule has 0 aromatic carbocycles. The Labute approximate surface area is 131 Å². The maximum Gasteiger partial charge on any atom is 0.255 e. The number of nitrogens with one attached hydrogen (secondary N) is 1. The third kappa shape index (κ3) is 2.70. The lowest BCUT2D eigenvalue weighted by Crippen LogP contribution is -2.44. The molecule has 2 aliphatic heterocycles. The summed E-state index contributed by atoms with van der Waals surface area (Å²) in [6.07, 6.45) is 5.03. The van der Waals surface area contributed by atoms with Crippen LogP contribution in [0.5, 0.6) is 0 Å². The predicted molar refractivity (Wildman–Crippen MR) is 86.1 cm³/mol. The number of likely N-dealkylation sites (tertiary alicyclic amines) is 1. The van der Waals surface area contributed by atoms with Crippen LogP contribution in [0.2, 0.25) is 0 Å². The summed E-state index contributed by atoms with van der Waals surface area (Å²) in [5.74, 6) is 0.0463. The number of carbonyl (C=O) groups is 1. The zero-order valence-electron chi connectivity index (χ0n) is 13.6. The Morgan fingerprint density at radius 3 is 2.68 bits per heavy atom.